The first-order chi connectivity index (χ1) is 5.33. The maximum atomic E-state index is 5.55. The van der Waals surface area contributed by atoms with E-state index < -0.39 is 0 Å². The van der Waals surface area contributed by atoms with Gasteiger partial charge in [0.25, 0.3) is 0 Å². The minimum atomic E-state index is 0.389. The summed E-state index contributed by atoms with van der Waals surface area (Å²) >= 11 is 0. The van der Waals surface area contributed by atoms with Crippen molar-refractivity contribution in [2.75, 3.05) is 20.1 Å². The summed E-state index contributed by atoms with van der Waals surface area (Å²) < 4.78 is 5.55. The molecular formula is C8H16N2O. The maximum absolute atomic E-state index is 5.55. The summed E-state index contributed by atoms with van der Waals surface area (Å²) in [5.41, 5.74) is 0. The number of nitrogens with one attached hydrogen (secondary N) is 1. The summed E-state index contributed by atoms with van der Waals surface area (Å²) in [4.78, 5) is 3.96. The van der Waals surface area contributed by atoms with Crippen molar-refractivity contribution in [1.82, 2.24) is 5.32 Å². The molecule has 11 heavy (non-hydrogen) atoms. The number of nitrogens with zero attached hydrogens (tertiary/aromatic N) is 1. The Morgan fingerprint density at radius 1 is 1.45 bits per heavy atom. The van der Waals surface area contributed by atoms with Crippen molar-refractivity contribution in [2.24, 2.45) is 4.99 Å². The van der Waals surface area contributed by atoms with Gasteiger partial charge in [-0.1, -0.05) is 0 Å². The molecule has 3 heteroatoms. The molecule has 64 valence electrons. The molecule has 0 unspecified atom stereocenters. The Kier molecular flexibility index (Phi) is 3.36. The van der Waals surface area contributed by atoms with Crippen molar-refractivity contribution in [3.63, 3.8) is 0 Å². The van der Waals surface area contributed by atoms with Crippen LogP contribution < -0.4 is 5.32 Å². The average Bonchev–Trinajstić information content (AvgIpc) is 2.06. The Morgan fingerprint density at radius 2 is 2.09 bits per heavy atom. The highest BCUT2D eigenvalue weighted by Crippen LogP contribution is 2.07. The molecule has 0 atom stereocenters. The molecule has 1 saturated heterocycles. The lowest BCUT2D eigenvalue weighted by atomic mass is 10.1. The highest BCUT2D eigenvalue weighted by molar-refractivity contribution is 5.73. The van der Waals surface area contributed by atoms with Crippen LogP contribution >= 0.6 is 0 Å². The second kappa shape index (κ2) is 4.34. The molecule has 0 aliphatic carbocycles. The van der Waals surface area contributed by atoms with E-state index in [1.165, 1.54) is 0 Å². The van der Waals surface area contributed by atoms with E-state index >= 15 is 0 Å². The summed E-state index contributed by atoms with van der Waals surface area (Å²) in [6, 6.07) is 0. The van der Waals surface area contributed by atoms with Crippen LogP contribution in [0.4, 0.5) is 0 Å². The Labute approximate surface area is 67.8 Å². The topological polar surface area (TPSA) is 33.6 Å². The van der Waals surface area contributed by atoms with E-state index in [0.717, 1.165) is 31.8 Å². The highest BCUT2D eigenvalue weighted by atomic mass is 16.5. The molecule has 1 N–H and O–H groups in total. The third-order valence-corrected chi connectivity index (χ3v) is 1.94. The van der Waals surface area contributed by atoms with Crippen LogP contribution in [0.3, 0.4) is 0 Å². The lowest BCUT2D eigenvalue weighted by Crippen LogP contribution is -2.33. The van der Waals surface area contributed by atoms with Crippen molar-refractivity contribution in [3.05, 3.63) is 0 Å². The standard InChI is InChI=1S/C8H16N2O/c1-7(9-2)11-8-3-5-10-6-4-8/h8,10H,3-6H2,1-2H3. The summed E-state index contributed by atoms with van der Waals surface area (Å²) in [5.74, 6) is 0.803. The molecule has 3 nitrogen and oxygen atoms in total. The van der Waals surface area contributed by atoms with Crippen LogP contribution in [-0.4, -0.2) is 32.1 Å². The molecule has 1 aliphatic heterocycles. The fourth-order valence-electron chi connectivity index (χ4n) is 1.21. The van der Waals surface area contributed by atoms with Crippen LogP contribution in [0.2, 0.25) is 0 Å². The van der Waals surface area contributed by atoms with Crippen molar-refractivity contribution in [3.8, 4) is 0 Å². The van der Waals surface area contributed by atoms with Gasteiger partial charge in [0.15, 0.2) is 5.90 Å². The molecule has 0 bridgehead atoms. The van der Waals surface area contributed by atoms with E-state index in [0.29, 0.717) is 6.10 Å². The van der Waals surface area contributed by atoms with Gasteiger partial charge in [0.1, 0.15) is 6.10 Å². The van der Waals surface area contributed by atoms with Gasteiger partial charge in [0.2, 0.25) is 0 Å². The minimum absolute atomic E-state index is 0.389. The van der Waals surface area contributed by atoms with Crippen LogP contribution in [0.5, 0.6) is 0 Å². The zero-order valence-corrected chi connectivity index (χ0v) is 7.26. The van der Waals surface area contributed by atoms with Gasteiger partial charge < -0.3 is 10.1 Å². The monoisotopic (exact) mass is 156 g/mol. The summed E-state index contributed by atoms with van der Waals surface area (Å²) in [6.07, 6.45) is 2.60. The van der Waals surface area contributed by atoms with Gasteiger partial charge in [-0.2, -0.15) is 0 Å². The fourth-order valence-corrected chi connectivity index (χ4v) is 1.21. The van der Waals surface area contributed by atoms with E-state index in [2.05, 4.69) is 10.3 Å². The van der Waals surface area contributed by atoms with Crippen LogP contribution in [0, 0.1) is 0 Å². The zero-order chi connectivity index (χ0) is 8.10. The lowest BCUT2D eigenvalue weighted by molar-refractivity contribution is 0.148. The molecule has 0 amide bonds. The third kappa shape index (κ3) is 2.89. The minimum Gasteiger partial charge on any atom is -0.478 e. The van der Waals surface area contributed by atoms with E-state index in [4.69, 9.17) is 4.74 Å². The second-order valence-corrected chi connectivity index (χ2v) is 2.81. The number of aliphatic imine (C=N–C) groups is 1. The van der Waals surface area contributed by atoms with Crippen LogP contribution in [0.15, 0.2) is 4.99 Å². The largest absolute Gasteiger partial charge is 0.478 e. The first kappa shape index (κ1) is 8.53. The molecule has 1 heterocycles. The third-order valence-electron chi connectivity index (χ3n) is 1.94. The van der Waals surface area contributed by atoms with E-state index in [1.54, 1.807) is 7.05 Å². The molecular weight excluding hydrogens is 140 g/mol. The Bertz CT molecular complexity index is 139. The predicted molar refractivity (Wildman–Crippen MR) is 46.0 cm³/mol. The Morgan fingerprint density at radius 3 is 2.64 bits per heavy atom. The smallest absolute Gasteiger partial charge is 0.180 e. The molecule has 0 spiro atoms. The lowest BCUT2D eigenvalue weighted by Gasteiger charge is -2.23. The summed E-state index contributed by atoms with van der Waals surface area (Å²) in [6.45, 7) is 4.05. The molecule has 0 saturated carbocycles. The number of piperidine rings is 1. The second-order valence-electron chi connectivity index (χ2n) is 2.81. The van der Waals surface area contributed by atoms with Gasteiger partial charge in [-0.05, 0) is 25.9 Å². The van der Waals surface area contributed by atoms with Crippen molar-refractivity contribution in [1.29, 1.82) is 0 Å². The number of hydrogen-bond donors (Lipinski definition) is 1. The first-order valence-corrected chi connectivity index (χ1v) is 4.13. The molecule has 0 aromatic heterocycles. The van der Waals surface area contributed by atoms with Crippen LogP contribution in [-0.2, 0) is 4.74 Å². The molecule has 1 fully saturated rings. The zero-order valence-electron chi connectivity index (χ0n) is 7.26. The fraction of sp³-hybridized carbons (Fsp3) is 0.875. The van der Waals surface area contributed by atoms with Gasteiger partial charge in [-0.15, -0.1) is 0 Å². The summed E-state index contributed by atoms with van der Waals surface area (Å²) in [7, 11) is 1.76. The van der Waals surface area contributed by atoms with Crippen LogP contribution in [0.1, 0.15) is 19.8 Å². The van der Waals surface area contributed by atoms with E-state index in [-0.39, 0.29) is 0 Å². The number of hydrogen-bond acceptors (Lipinski definition) is 3. The SMILES string of the molecule is CN=C(C)OC1CCNCC1. The van der Waals surface area contributed by atoms with Gasteiger partial charge in [0, 0.05) is 14.0 Å². The number of rotatable bonds is 1. The van der Waals surface area contributed by atoms with Crippen molar-refractivity contribution >= 4 is 5.90 Å². The average molecular weight is 156 g/mol. The highest BCUT2D eigenvalue weighted by Gasteiger charge is 2.13. The summed E-state index contributed by atoms with van der Waals surface area (Å²) in [5, 5.41) is 3.29. The normalized spacial score (nSPS) is 21.8. The molecule has 0 aromatic rings. The molecule has 1 rings (SSSR count). The molecule has 1 aliphatic rings. The van der Waals surface area contributed by atoms with Crippen molar-refractivity contribution in [2.45, 2.75) is 25.9 Å². The van der Waals surface area contributed by atoms with Crippen LogP contribution in [0.25, 0.3) is 0 Å². The first-order valence-electron chi connectivity index (χ1n) is 4.13. The van der Waals surface area contributed by atoms with Gasteiger partial charge in [-0.25, -0.2) is 0 Å². The van der Waals surface area contributed by atoms with Gasteiger partial charge in [0.05, 0.1) is 0 Å². The van der Waals surface area contributed by atoms with Gasteiger partial charge in [-0.3, -0.25) is 4.99 Å². The van der Waals surface area contributed by atoms with Gasteiger partial charge >= 0.3 is 0 Å². The quantitative estimate of drug-likeness (QED) is 0.450. The maximum Gasteiger partial charge on any atom is 0.180 e. The Balaban J connectivity index is 2.24. The molecule has 0 aromatic carbocycles. The Hall–Kier alpha value is -0.570. The predicted octanol–water partition coefficient (Wildman–Crippen LogP) is 0.803. The van der Waals surface area contributed by atoms with E-state index in [1.807, 2.05) is 6.92 Å². The van der Waals surface area contributed by atoms with E-state index in [9.17, 15) is 0 Å². The molecule has 0 radical (unpaired) electrons. The van der Waals surface area contributed by atoms with Crippen molar-refractivity contribution < 1.29 is 4.74 Å². The number of ether oxygens (including phenoxy) is 1.